The molecular weight excluding hydrogens is 272 g/mol. The van der Waals surface area contributed by atoms with Crippen LogP contribution in [0.1, 0.15) is 25.3 Å². The fraction of sp³-hybridized carbons (Fsp3) is 0.500. The van der Waals surface area contributed by atoms with Crippen molar-refractivity contribution in [2.24, 2.45) is 0 Å². The molecule has 1 N–H and O–H groups in total. The molecule has 0 aromatic heterocycles. The lowest BCUT2D eigenvalue weighted by Crippen LogP contribution is -2.51. The quantitative estimate of drug-likeness (QED) is 0.866. The molecule has 0 bridgehead atoms. The third-order valence-corrected chi connectivity index (χ3v) is 4.09. The number of rotatable bonds is 3. The van der Waals surface area contributed by atoms with Gasteiger partial charge in [0, 0.05) is 29.2 Å². The highest BCUT2D eigenvalue weighted by Gasteiger charge is 2.33. The standard InChI is InChI=1S/C12H17ClN2O2S/c1-12(11-6-3-2-4-7-11)8-5-9-15(10-12)14-18(13,16)17/h2-4,6-7,14H,5,8-10H2,1H3. The second-order valence-electron chi connectivity index (χ2n) is 4.98. The first-order valence-corrected chi connectivity index (χ1v) is 8.22. The van der Waals surface area contributed by atoms with Crippen LogP contribution in [0.3, 0.4) is 0 Å². The van der Waals surface area contributed by atoms with E-state index in [1.165, 1.54) is 5.56 Å². The molecule has 1 heterocycles. The lowest BCUT2D eigenvalue weighted by atomic mass is 9.76. The number of hydrogen-bond donors (Lipinski definition) is 1. The Morgan fingerprint density at radius 3 is 2.61 bits per heavy atom. The normalized spacial score (nSPS) is 26.1. The van der Waals surface area contributed by atoms with E-state index in [0.717, 1.165) is 12.8 Å². The zero-order valence-electron chi connectivity index (χ0n) is 10.3. The minimum atomic E-state index is -3.71. The van der Waals surface area contributed by atoms with Gasteiger partial charge in [0.05, 0.1) is 0 Å². The van der Waals surface area contributed by atoms with Crippen LogP contribution in [0.15, 0.2) is 30.3 Å². The van der Waals surface area contributed by atoms with Crippen molar-refractivity contribution < 1.29 is 8.42 Å². The van der Waals surface area contributed by atoms with Gasteiger partial charge in [-0.1, -0.05) is 37.3 Å². The molecule has 0 radical (unpaired) electrons. The lowest BCUT2D eigenvalue weighted by Gasteiger charge is -2.40. The number of hydrogen-bond acceptors (Lipinski definition) is 3. The summed E-state index contributed by atoms with van der Waals surface area (Å²) in [7, 11) is 1.52. The molecule has 0 saturated carbocycles. The second kappa shape index (κ2) is 5.17. The fourth-order valence-corrected chi connectivity index (χ4v) is 3.30. The maximum atomic E-state index is 11.1. The second-order valence-corrected chi connectivity index (χ2v) is 7.26. The molecule has 18 heavy (non-hydrogen) atoms. The Morgan fingerprint density at radius 1 is 1.33 bits per heavy atom. The maximum Gasteiger partial charge on any atom is 0.310 e. The number of halogens is 1. The van der Waals surface area contributed by atoms with Crippen LogP contribution in [-0.4, -0.2) is 26.5 Å². The smallest absolute Gasteiger partial charge is 0.229 e. The van der Waals surface area contributed by atoms with Gasteiger partial charge in [-0.05, 0) is 18.4 Å². The summed E-state index contributed by atoms with van der Waals surface area (Å²) < 4.78 is 22.1. The van der Waals surface area contributed by atoms with Crippen LogP contribution in [0.5, 0.6) is 0 Å². The van der Waals surface area contributed by atoms with Crippen LogP contribution in [0, 0.1) is 0 Å². The van der Waals surface area contributed by atoms with Crippen LogP contribution < -0.4 is 4.83 Å². The Bertz CT molecular complexity index is 506. The Labute approximate surface area is 112 Å². The summed E-state index contributed by atoms with van der Waals surface area (Å²) in [6.07, 6.45) is 1.97. The van der Waals surface area contributed by atoms with Gasteiger partial charge in [-0.25, -0.2) is 5.01 Å². The van der Waals surface area contributed by atoms with Crippen molar-refractivity contribution in [1.29, 1.82) is 0 Å². The predicted octanol–water partition coefficient (Wildman–Crippen LogP) is 2.03. The van der Waals surface area contributed by atoms with E-state index < -0.39 is 9.24 Å². The lowest BCUT2D eigenvalue weighted by molar-refractivity contribution is 0.136. The molecule has 1 fully saturated rings. The van der Waals surface area contributed by atoms with Crippen molar-refractivity contribution >= 4 is 19.9 Å². The van der Waals surface area contributed by atoms with Crippen LogP contribution in [0.4, 0.5) is 0 Å². The molecule has 4 nitrogen and oxygen atoms in total. The highest BCUT2D eigenvalue weighted by atomic mass is 35.7. The first kappa shape index (κ1) is 13.8. The molecule has 1 saturated heterocycles. The van der Waals surface area contributed by atoms with Crippen molar-refractivity contribution in [3.63, 3.8) is 0 Å². The molecule has 1 aliphatic rings. The van der Waals surface area contributed by atoms with E-state index in [0.29, 0.717) is 13.1 Å². The number of piperidine rings is 1. The van der Waals surface area contributed by atoms with Crippen molar-refractivity contribution in [2.45, 2.75) is 25.2 Å². The molecule has 1 aromatic carbocycles. The predicted molar refractivity (Wildman–Crippen MR) is 72.5 cm³/mol. The van der Waals surface area contributed by atoms with E-state index >= 15 is 0 Å². The van der Waals surface area contributed by atoms with Crippen molar-refractivity contribution in [3.8, 4) is 0 Å². The first-order chi connectivity index (χ1) is 8.39. The maximum absolute atomic E-state index is 11.1. The van der Waals surface area contributed by atoms with E-state index in [1.807, 2.05) is 18.2 Å². The van der Waals surface area contributed by atoms with E-state index in [4.69, 9.17) is 10.7 Å². The zero-order valence-corrected chi connectivity index (χ0v) is 11.8. The van der Waals surface area contributed by atoms with Crippen LogP contribution in [0.25, 0.3) is 0 Å². The summed E-state index contributed by atoms with van der Waals surface area (Å²) >= 11 is 0. The van der Waals surface area contributed by atoms with Crippen LogP contribution >= 0.6 is 10.7 Å². The molecule has 6 heteroatoms. The third-order valence-electron chi connectivity index (χ3n) is 3.41. The fourth-order valence-electron chi connectivity index (χ4n) is 2.55. The van der Waals surface area contributed by atoms with Gasteiger partial charge < -0.3 is 0 Å². The topological polar surface area (TPSA) is 49.4 Å². The minimum Gasteiger partial charge on any atom is -0.229 e. The summed E-state index contributed by atoms with van der Waals surface area (Å²) in [5.41, 5.74) is 1.18. The summed E-state index contributed by atoms with van der Waals surface area (Å²) in [5.74, 6) is 0. The molecule has 100 valence electrons. The molecule has 1 atom stereocenters. The summed E-state index contributed by atoms with van der Waals surface area (Å²) in [4.78, 5) is 2.35. The molecular formula is C12H17ClN2O2S. The van der Waals surface area contributed by atoms with Gasteiger partial charge >= 0.3 is 9.24 Å². The van der Waals surface area contributed by atoms with Crippen molar-refractivity contribution in [2.75, 3.05) is 13.1 Å². The average molecular weight is 289 g/mol. The first-order valence-electron chi connectivity index (χ1n) is 5.92. The van der Waals surface area contributed by atoms with Crippen LogP contribution in [0.2, 0.25) is 0 Å². The molecule has 1 aliphatic heterocycles. The molecule has 0 amide bonds. The molecule has 0 spiro atoms. The third kappa shape index (κ3) is 3.45. The molecule has 1 unspecified atom stereocenters. The van der Waals surface area contributed by atoms with Crippen molar-refractivity contribution in [3.05, 3.63) is 35.9 Å². The van der Waals surface area contributed by atoms with Gasteiger partial charge in [0.1, 0.15) is 0 Å². The van der Waals surface area contributed by atoms with Crippen molar-refractivity contribution in [1.82, 2.24) is 9.84 Å². The van der Waals surface area contributed by atoms with Crippen LogP contribution in [-0.2, 0) is 14.7 Å². The highest BCUT2D eigenvalue weighted by Crippen LogP contribution is 2.32. The highest BCUT2D eigenvalue weighted by molar-refractivity contribution is 8.12. The van der Waals surface area contributed by atoms with Gasteiger partial charge in [-0.15, -0.1) is 4.83 Å². The average Bonchev–Trinajstić information content (AvgIpc) is 2.28. The van der Waals surface area contributed by atoms with E-state index in [-0.39, 0.29) is 5.41 Å². The SMILES string of the molecule is CC1(c2ccccc2)CCCN(NS(=O)(=O)Cl)C1. The Hall–Kier alpha value is -0.620. The largest absolute Gasteiger partial charge is 0.310 e. The number of nitrogens with zero attached hydrogens (tertiary/aromatic N) is 1. The van der Waals surface area contributed by atoms with Gasteiger partial charge in [0.25, 0.3) is 0 Å². The molecule has 2 rings (SSSR count). The van der Waals surface area contributed by atoms with E-state index in [9.17, 15) is 8.42 Å². The van der Waals surface area contributed by atoms with E-state index in [2.05, 4.69) is 23.9 Å². The van der Waals surface area contributed by atoms with Gasteiger partial charge in [0.15, 0.2) is 0 Å². The number of nitrogens with one attached hydrogen (secondary N) is 1. The monoisotopic (exact) mass is 288 g/mol. The number of benzene rings is 1. The summed E-state index contributed by atoms with van der Waals surface area (Å²) in [5, 5.41) is 1.68. The Kier molecular flexibility index (Phi) is 3.96. The summed E-state index contributed by atoms with van der Waals surface area (Å²) in [6.45, 7) is 3.47. The number of hydrazine groups is 1. The Balaban J connectivity index is 2.15. The zero-order chi connectivity index (χ0) is 13.2. The molecule has 1 aromatic rings. The molecule has 0 aliphatic carbocycles. The van der Waals surface area contributed by atoms with E-state index in [1.54, 1.807) is 5.01 Å². The van der Waals surface area contributed by atoms with Gasteiger partial charge in [0.2, 0.25) is 0 Å². The van der Waals surface area contributed by atoms with Gasteiger partial charge in [-0.2, -0.15) is 8.42 Å². The van der Waals surface area contributed by atoms with Gasteiger partial charge in [-0.3, -0.25) is 0 Å². The minimum absolute atomic E-state index is 0.0475. The summed E-state index contributed by atoms with van der Waals surface area (Å²) in [6, 6.07) is 10.2. The Morgan fingerprint density at radius 2 is 2.00 bits per heavy atom.